The third kappa shape index (κ3) is 5.81. The van der Waals surface area contributed by atoms with Crippen molar-refractivity contribution in [2.45, 2.75) is 11.1 Å². The smallest absolute Gasteiger partial charge is 0.424 e. The highest BCUT2D eigenvalue weighted by atomic mass is 35.5. The first kappa shape index (κ1) is 23.5. The minimum atomic E-state index is -4.79. The minimum Gasteiger partial charge on any atom is -0.438 e. The van der Waals surface area contributed by atoms with Crippen molar-refractivity contribution in [2.24, 2.45) is 7.05 Å². The summed E-state index contributed by atoms with van der Waals surface area (Å²) >= 11 is 6.97. The van der Waals surface area contributed by atoms with E-state index < -0.39 is 22.8 Å². The van der Waals surface area contributed by atoms with Gasteiger partial charge >= 0.3 is 6.18 Å². The molecule has 4 rings (SSSR count). The summed E-state index contributed by atoms with van der Waals surface area (Å²) < 4.78 is 50.8. The Morgan fingerprint density at radius 3 is 2.36 bits per heavy atom. The zero-order chi connectivity index (χ0) is 23.6. The van der Waals surface area contributed by atoms with Crippen molar-refractivity contribution in [1.82, 2.24) is 24.6 Å². The van der Waals surface area contributed by atoms with Gasteiger partial charge in [0, 0.05) is 45.1 Å². The molecule has 1 N–H and O–H groups in total. The quantitative estimate of drug-likeness (QED) is 0.391. The van der Waals surface area contributed by atoms with Gasteiger partial charge in [-0.1, -0.05) is 11.6 Å². The molecule has 8 nitrogen and oxygen atoms in total. The zero-order valence-electron chi connectivity index (χ0n) is 17.8. The predicted octanol–water partition coefficient (Wildman–Crippen LogP) is 4.55. The molecular weight excluding hydrogens is 479 g/mol. The van der Waals surface area contributed by atoms with Gasteiger partial charge in [-0.2, -0.15) is 28.2 Å². The van der Waals surface area contributed by atoms with Crippen LogP contribution in [0, 0.1) is 0 Å². The van der Waals surface area contributed by atoms with Crippen LogP contribution in [0.1, 0.15) is 5.56 Å². The van der Waals surface area contributed by atoms with Crippen LogP contribution < -0.4 is 14.4 Å². The molecule has 1 aliphatic heterocycles. The number of likely N-dealkylation sites (N-methyl/N-ethyl adjacent to an activating group) is 1. The standard InChI is InChI=1S/C20H21ClF3N7OS/c1-29-7-9-31(10-8-29)13-3-5-14(6-4-13)32-18-16(20(22,23)24)17(21)26-19(27-18)28-33-15-11-25-30(2)12-15/h3-6,11-12H,7-10H2,1-2H3,(H,26,27,28). The largest absolute Gasteiger partial charge is 0.438 e. The summed E-state index contributed by atoms with van der Waals surface area (Å²) in [6.45, 7) is 3.64. The number of alkyl halides is 3. The highest BCUT2D eigenvalue weighted by Crippen LogP contribution is 2.41. The van der Waals surface area contributed by atoms with Gasteiger partial charge in [0.15, 0.2) is 10.7 Å². The van der Waals surface area contributed by atoms with Gasteiger partial charge in [0.1, 0.15) is 5.75 Å². The van der Waals surface area contributed by atoms with E-state index >= 15 is 0 Å². The fourth-order valence-corrected chi connectivity index (χ4v) is 4.10. The SMILES string of the molecule is CN1CCN(c2ccc(Oc3nc(NSc4cnn(C)c4)nc(Cl)c3C(F)(F)F)cc2)CC1. The lowest BCUT2D eigenvalue weighted by Gasteiger charge is -2.34. The van der Waals surface area contributed by atoms with Crippen molar-refractivity contribution in [2.75, 3.05) is 42.8 Å². The highest BCUT2D eigenvalue weighted by Gasteiger charge is 2.40. The molecule has 0 atom stereocenters. The number of aromatic nitrogens is 4. The van der Waals surface area contributed by atoms with Gasteiger partial charge in [-0.05, 0) is 43.3 Å². The number of ether oxygens (including phenoxy) is 1. The Kier molecular flexibility index (Phi) is 6.86. The molecule has 1 aromatic carbocycles. The summed E-state index contributed by atoms with van der Waals surface area (Å²) in [4.78, 5) is 12.8. The molecule has 0 spiro atoms. The fraction of sp³-hybridized carbons (Fsp3) is 0.350. The van der Waals surface area contributed by atoms with E-state index in [-0.39, 0.29) is 11.7 Å². The van der Waals surface area contributed by atoms with Crippen LogP contribution in [0.5, 0.6) is 11.6 Å². The highest BCUT2D eigenvalue weighted by molar-refractivity contribution is 8.00. The van der Waals surface area contributed by atoms with E-state index in [0.717, 1.165) is 48.7 Å². The number of aryl methyl sites for hydroxylation is 1. The lowest BCUT2D eigenvalue weighted by atomic mass is 10.2. The molecule has 0 radical (unpaired) electrons. The number of hydrogen-bond donors (Lipinski definition) is 1. The lowest BCUT2D eigenvalue weighted by molar-refractivity contribution is -0.139. The van der Waals surface area contributed by atoms with Crippen LogP contribution in [-0.4, -0.2) is 57.9 Å². The molecule has 1 saturated heterocycles. The Balaban J connectivity index is 1.55. The monoisotopic (exact) mass is 499 g/mol. The van der Waals surface area contributed by atoms with Gasteiger partial charge < -0.3 is 14.5 Å². The van der Waals surface area contributed by atoms with E-state index in [1.165, 1.54) is 0 Å². The molecule has 3 aromatic rings. The Morgan fingerprint density at radius 2 is 1.76 bits per heavy atom. The molecule has 0 bridgehead atoms. The Bertz CT molecular complexity index is 1100. The molecule has 0 amide bonds. The number of nitrogens with one attached hydrogen (secondary N) is 1. The van der Waals surface area contributed by atoms with Crippen molar-refractivity contribution in [1.29, 1.82) is 0 Å². The zero-order valence-corrected chi connectivity index (χ0v) is 19.4. The van der Waals surface area contributed by atoms with Gasteiger partial charge in [-0.15, -0.1) is 0 Å². The van der Waals surface area contributed by atoms with E-state index in [1.54, 1.807) is 36.3 Å². The summed E-state index contributed by atoms with van der Waals surface area (Å²) in [5.74, 6) is -0.589. The van der Waals surface area contributed by atoms with Crippen molar-refractivity contribution in [3.8, 4) is 11.6 Å². The van der Waals surface area contributed by atoms with Crippen LogP contribution in [0.4, 0.5) is 24.8 Å². The second-order valence-corrected chi connectivity index (χ2v) is 8.69. The summed E-state index contributed by atoms with van der Waals surface area (Å²) in [7, 11) is 3.81. The summed E-state index contributed by atoms with van der Waals surface area (Å²) in [6, 6.07) is 6.85. The van der Waals surface area contributed by atoms with Crippen LogP contribution >= 0.6 is 23.5 Å². The first-order chi connectivity index (χ1) is 15.7. The maximum atomic E-state index is 13.6. The number of hydrogen-bond acceptors (Lipinski definition) is 8. The van der Waals surface area contributed by atoms with E-state index in [0.29, 0.717) is 0 Å². The van der Waals surface area contributed by atoms with Gasteiger partial charge in [0.05, 0.1) is 11.1 Å². The maximum Gasteiger partial charge on any atom is 0.424 e. The van der Waals surface area contributed by atoms with Crippen molar-refractivity contribution >= 4 is 35.2 Å². The Labute approximate surface area is 197 Å². The number of halogens is 4. The molecule has 13 heteroatoms. The molecule has 1 aliphatic rings. The van der Waals surface area contributed by atoms with E-state index in [1.807, 2.05) is 12.1 Å². The second kappa shape index (κ2) is 9.65. The average Bonchev–Trinajstić information content (AvgIpc) is 3.17. The van der Waals surface area contributed by atoms with Crippen LogP contribution in [-0.2, 0) is 13.2 Å². The molecule has 176 valence electrons. The van der Waals surface area contributed by atoms with Crippen molar-refractivity contribution in [3.05, 3.63) is 47.4 Å². The van der Waals surface area contributed by atoms with Gasteiger partial charge in [-0.25, -0.2) is 0 Å². The minimum absolute atomic E-state index is 0.120. The van der Waals surface area contributed by atoms with E-state index in [4.69, 9.17) is 16.3 Å². The predicted molar refractivity (Wildman–Crippen MR) is 121 cm³/mol. The molecule has 0 saturated carbocycles. The maximum absolute atomic E-state index is 13.6. The number of benzene rings is 1. The normalized spacial score (nSPS) is 15.0. The van der Waals surface area contributed by atoms with E-state index in [2.05, 4.69) is 36.6 Å². The van der Waals surface area contributed by atoms with E-state index in [9.17, 15) is 13.2 Å². The number of rotatable bonds is 6. The third-order valence-corrected chi connectivity index (χ3v) is 5.98. The lowest BCUT2D eigenvalue weighted by Crippen LogP contribution is -2.44. The summed E-state index contributed by atoms with van der Waals surface area (Å²) in [6.07, 6.45) is -1.48. The molecule has 1 fully saturated rings. The number of piperazine rings is 1. The van der Waals surface area contributed by atoms with Gasteiger partial charge in [0.2, 0.25) is 11.8 Å². The van der Waals surface area contributed by atoms with Crippen molar-refractivity contribution in [3.63, 3.8) is 0 Å². The van der Waals surface area contributed by atoms with Crippen LogP contribution in [0.3, 0.4) is 0 Å². The molecule has 0 aliphatic carbocycles. The third-order valence-electron chi connectivity index (χ3n) is 4.98. The number of nitrogens with zero attached hydrogens (tertiary/aromatic N) is 6. The Hall–Kier alpha value is -2.70. The second-order valence-electron chi connectivity index (χ2n) is 7.46. The topological polar surface area (TPSA) is 71.3 Å². The first-order valence-electron chi connectivity index (χ1n) is 9.96. The molecule has 0 unspecified atom stereocenters. The summed E-state index contributed by atoms with van der Waals surface area (Å²) in [5, 5.41) is 3.27. The molecular formula is C20H21ClF3N7OS. The van der Waals surface area contributed by atoms with Crippen molar-refractivity contribution < 1.29 is 17.9 Å². The van der Waals surface area contributed by atoms with Gasteiger partial charge in [-0.3, -0.25) is 9.40 Å². The first-order valence-corrected chi connectivity index (χ1v) is 11.2. The van der Waals surface area contributed by atoms with Crippen LogP contribution in [0.25, 0.3) is 0 Å². The van der Waals surface area contributed by atoms with Crippen LogP contribution in [0.2, 0.25) is 5.15 Å². The van der Waals surface area contributed by atoms with Crippen LogP contribution in [0.15, 0.2) is 41.6 Å². The average molecular weight is 500 g/mol. The van der Waals surface area contributed by atoms with Gasteiger partial charge in [0.25, 0.3) is 0 Å². The number of anilines is 2. The molecule has 2 aromatic heterocycles. The fourth-order valence-electron chi connectivity index (χ4n) is 3.23. The molecule has 33 heavy (non-hydrogen) atoms. The Morgan fingerprint density at radius 1 is 1.06 bits per heavy atom. The summed E-state index contributed by atoms with van der Waals surface area (Å²) in [5.41, 5.74) is -0.258. The molecule has 3 heterocycles.